The van der Waals surface area contributed by atoms with Crippen LogP contribution in [0.15, 0.2) is 29.2 Å². The third-order valence-electron chi connectivity index (χ3n) is 4.49. The molecule has 1 heterocycles. The Morgan fingerprint density at radius 2 is 1.67 bits per heavy atom. The summed E-state index contributed by atoms with van der Waals surface area (Å²) in [6.07, 6.45) is 2.10. The maximum absolute atomic E-state index is 12.1. The molecule has 0 aliphatic heterocycles. The second-order valence-corrected chi connectivity index (χ2v) is 6.65. The van der Waals surface area contributed by atoms with Crippen molar-refractivity contribution in [3.05, 3.63) is 51.4 Å². The number of aromatic nitrogens is 1. The Labute approximate surface area is 202 Å². The van der Waals surface area contributed by atoms with Crippen LogP contribution in [-0.2, 0) is 7.05 Å². The fourth-order valence-corrected chi connectivity index (χ4v) is 2.70. The number of aromatic hydroxyl groups is 3. The summed E-state index contributed by atoms with van der Waals surface area (Å²) >= 11 is 0. The zero-order valence-corrected chi connectivity index (χ0v) is 18.4. The van der Waals surface area contributed by atoms with Crippen molar-refractivity contribution in [2.75, 3.05) is 19.6 Å². The van der Waals surface area contributed by atoms with E-state index in [2.05, 4.69) is 10.6 Å². The Hall–Kier alpha value is -2.10. The first-order valence-corrected chi connectivity index (χ1v) is 9.16. The number of ketones is 1. The second kappa shape index (κ2) is 11.9. The molecule has 9 nitrogen and oxygen atoms in total. The molecule has 169 valence electrons. The summed E-state index contributed by atoms with van der Waals surface area (Å²) in [6.45, 7) is 2.85. The SMILES string of the molecule is Cc1ccc(C(=O)CCCNCCNC(=O)c2ccn(C)c(=O)c2O)c(O)c1O.[Tm]. The number of pyridine rings is 1. The minimum absolute atomic E-state index is 0. The number of nitrogens with zero attached hydrogens (tertiary/aromatic N) is 1. The first-order chi connectivity index (χ1) is 13.7. The van der Waals surface area contributed by atoms with E-state index in [0.717, 1.165) is 0 Å². The molecule has 1 aromatic carbocycles. The molecule has 5 N–H and O–H groups in total. The molecule has 0 fully saturated rings. The molecular formula is C20H25N3O6Tm. The van der Waals surface area contributed by atoms with E-state index in [1.807, 2.05) is 0 Å². The second-order valence-electron chi connectivity index (χ2n) is 6.65. The fraction of sp³-hybridized carbons (Fsp3) is 0.350. The number of nitrogens with one attached hydrogen (secondary N) is 2. The van der Waals surface area contributed by atoms with Gasteiger partial charge in [-0.25, -0.2) is 0 Å². The van der Waals surface area contributed by atoms with Gasteiger partial charge >= 0.3 is 0 Å². The molecule has 30 heavy (non-hydrogen) atoms. The molecule has 1 aromatic heterocycles. The van der Waals surface area contributed by atoms with Gasteiger partial charge in [-0.3, -0.25) is 14.4 Å². The van der Waals surface area contributed by atoms with Crippen molar-refractivity contribution in [1.82, 2.24) is 15.2 Å². The quantitative estimate of drug-likeness (QED) is 0.170. The molecule has 0 saturated heterocycles. The molecule has 2 aromatic rings. The first-order valence-electron chi connectivity index (χ1n) is 9.16. The molecule has 0 spiro atoms. The van der Waals surface area contributed by atoms with E-state index in [1.165, 1.54) is 29.9 Å². The van der Waals surface area contributed by atoms with Crippen LogP contribution in [0.1, 0.15) is 39.1 Å². The molecule has 0 atom stereocenters. The van der Waals surface area contributed by atoms with E-state index in [-0.39, 0.29) is 72.5 Å². The van der Waals surface area contributed by atoms with Crippen LogP contribution >= 0.6 is 0 Å². The number of hydrogen-bond donors (Lipinski definition) is 5. The molecule has 0 unspecified atom stereocenters. The van der Waals surface area contributed by atoms with Gasteiger partial charge in [0.15, 0.2) is 23.0 Å². The van der Waals surface area contributed by atoms with Crippen molar-refractivity contribution in [3.8, 4) is 17.2 Å². The van der Waals surface area contributed by atoms with Crippen molar-refractivity contribution >= 4 is 11.7 Å². The van der Waals surface area contributed by atoms with Crippen LogP contribution in [0.25, 0.3) is 0 Å². The van der Waals surface area contributed by atoms with Crippen molar-refractivity contribution in [2.45, 2.75) is 19.8 Å². The summed E-state index contributed by atoms with van der Waals surface area (Å²) in [5.41, 5.74) is -0.144. The standard InChI is InChI=1S/C20H25N3O6.Tm/c1-12-5-6-13(17(26)16(12)25)15(24)4-3-8-21-9-10-22-19(28)14-7-11-23(2)20(29)18(14)27;/h5-7,11,21,25-27H,3-4,8-10H2,1-2H3,(H,22,28);. The number of aryl methyl sites for hydroxylation is 2. The number of carbonyl (C=O) groups excluding carboxylic acids is 2. The van der Waals surface area contributed by atoms with Crippen molar-refractivity contribution in [1.29, 1.82) is 0 Å². The van der Waals surface area contributed by atoms with Gasteiger partial charge in [-0.1, -0.05) is 6.07 Å². The summed E-state index contributed by atoms with van der Waals surface area (Å²) in [5, 5.41) is 34.9. The third kappa shape index (κ3) is 6.45. The molecule has 1 amide bonds. The Balaban J connectivity index is 0.00000450. The minimum Gasteiger partial charge on any atom is -0.504 e. The van der Waals surface area contributed by atoms with E-state index in [1.54, 1.807) is 13.0 Å². The summed E-state index contributed by atoms with van der Waals surface area (Å²) in [5.74, 6) is -2.10. The van der Waals surface area contributed by atoms with Crippen molar-refractivity contribution < 1.29 is 61.8 Å². The topological polar surface area (TPSA) is 141 Å². The Morgan fingerprint density at radius 3 is 2.37 bits per heavy atom. The number of hydrogen-bond acceptors (Lipinski definition) is 7. The van der Waals surface area contributed by atoms with E-state index in [0.29, 0.717) is 25.1 Å². The number of Topliss-reactive ketones (excluding diaryl/α,β-unsaturated/α-hetero) is 1. The van der Waals surface area contributed by atoms with Gasteiger partial charge in [-0.2, -0.15) is 0 Å². The first kappa shape index (κ1) is 25.9. The van der Waals surface area contributed by atoms with Crippen molar-refractivity contribution in [3.63, 3.8) is 0 Å². The van der Waals surface area contributed by atoms with Crippen LogP contribution < -0.4 is 16.2 Å². The van der Waals surface area contributed by atoms with Gasteiger partial charge in [0, 0.05) is 69.6 Å². The van der Waals surface area contributed by atoms with Crippen LogP contribution in [0.4, 0.5) is 0 Å². The number of phenolic OH excluding ortho intramolecular Hbond substituents is 2. The van der Waals surface area contributed by atoms with Crippen LogP contribution in [-0.4, -0.2) is 51.2 Å². The van der Waals surface area contributed by atoms with Crippen LogP contribution in [0.3, 0.4) is 0 Å². The maximum Gasteiger partial charge on any atom is 0.293 e. The summed E-state index contributed by atoms with van der Waals surface area (Å²) < 4.78 is 1.17. The summed E-state index contributed by atoms with van der Waals surface area (Å²) in [7, 11) is 1.47. The average Bonchev–Trinajstić information content (AvgIpc) is 2.69. The summed E-state index contributed by atoms with van der Waals surface area (Å²) in [4.78, 5) is 35.8. The number of benzene rings is 1. The zero-order chi connectivity index (χ0) is 21.6. The molecule has 1 radical (unpaired) electrons. The van der Waals surface area contributed by atoms with Gasteiger partial charge in [0.2, 0.25) is 0 Å². The Bertz CT molecular complexity index is 974. The van der Waals surface area contributed by atoms with E-state index < -0.39 is 23.0 Å². The third-order valence-corrected chi connectivity index (χ3v) is 4.49. The molecule has 0 saturated carbocycles. The van der Waals surface area contributed by atoms with Gasteiger partial charge < -0.3 is 30.5 Å². The molecular weight excluding hydrogens is 547 g/mol. The number of phenols is 2. The largest absolute Gasteiger partial charge is 0.504 e. The van der Waals surface area contributed by atoms with Gasteiger partial charge in [-0.05, 0) is 37.6 Å². The predicted octanol–water partition coefficient (Wildman–Crippen LogP) is 0.793. The molecule has 2 rings (SSSR count). The number of amides is 1. The smallest absolute Gasteiger partial charge is 0.293 e. The minimum atomic E-state index is -0.645. The van der Waals surface area contributed by atoms with Gasteiger partial charge in [0.05, 0.1) is 11.1 Å². The van der Waals surface area contributed by atoms with E-state index in [9.17, 15) is 29.7 Å². The Kier molecular flexibility index (Phi) is 10.3. The molecule has 0 aliphatic rings. The van der Waals surface area contributed by atoms with Gasteiger partial charge in [0.25, 0.3) is 11.5 Å². The van der Waals surface area contributed by atoms with Crippen LogP contribution in [0.5, 0.6) is 17.2 Å². The molecule has 10 heteroatoms. The molecule has 0 bridgehead atoms. The molecule has 0 aliphatic carbocycles. The normalized spacial score (nSPS) is 10.3. The number of rotatable bonds is 9. The average molecular weight is 572 g/mol. The zero-order valence-electron chi connectivity index (χ0n) is 16.6. The van der Waals surface area contributed by atoms with Gasteiger partial charge in [0.1, 0.15) is 0 Å². The van der Waals surface area contributed by atoms with Gasteiger partial charge in [-0.15, -0.1) is 0 Å². The van der Waals surface area contributed by atoms with E-state index >= 15 is 0 Å². The Morgan fingerprint density at radius 1 is 0.967 bits per heavy atom. The monoisotopic (exact) mass is 572 g/mol. The fourth-order valence-electron chi connectivity index (χ4n) is 2.70. The summed E-state index contributed by atoms with van der Waals surface area (Å²) in [6, 6.07) is 4.43. The van der Waals surface area contributed by atoms with Crippen LogP contribution in [0, 0.1) is 43.8 Å². The predicted molar refractivity (Wildman–Crippen MR) is 107 cm³/mol. The van der Waals surface area contributed by atoms with Crippen LogP contribution in [0.2, 0.25) is 0 Å². The van der Waals surface area contributed by atoms with E-state index in [4.69, 9.17) is 0 Å². The van der Waals surface area contributed by atoms with Crippen molar-refractivity contribution in [2.24, 2.45) is 7.05 Å². The maximum atomic E-state index is 12.1. The number of carbonyl (C=O) groups is 2.